The van der Waals surface area contributed by atoms with Crippen LogP contribution in [0.4, 0.5) is 5.69 Å². The molecule has 0 spiro atoms. The molecule has 3 atom stereocenters. The summed E-state index contributed by atoms with van der Waals surface area (Å²) >= 11 is 12.4. The fraction of sp³-hybridized carbons (Fsp3) is 0.462. The molecule has 4 N–H and O–H groups in total. The van der Waals surface area contributed by atoms with E-state index in [1.54, 1.807) is 41.6 Å². The van der Waals surface area contributed by atoms with Crippen molar-refractivity contribution in [1.29, 1.82) is 0 Å². The lowest BCUT2D eigenvalue weighted by Crippen LogP contribution is -2.48. The molecule has 12 heteroatoms. The van der Waals surface area contributed by atoms with E-state index in [0.29, 0.717) is 42.3 Å². The summed E-state index contributed by atoms with van der Waals surface area (Å²) in [4.78, 5) is 47.7. The van der Waals surface area contributed by atoms with Crippen LogP contribution in [0.5, 0.6) is 5.75 Å². The number of ketones is 1. The van der Waals surface area contributed by atoms with E-state index in [1.807, 2.05) is 6.92 Å². The van der Waals surface area contributed by atoms with E-state index in [1.165, 1.54) is 6.92 Å². The number of aromatic nitrogens is 2. The first-order valence-electron chi connectivity index (χ1n) is 12.4. The molecule has 2 aliphatic rings. The number of likely N-dealkylation sites (tertiary alicyclic amines) is 1. The Kier molecular flexibility index (Phi) is 8.52. The molecule has 2 unspecified atom stereocenters. The average Bonchev–Trinajstić information content (AvgIpc) is 3.23. The Bertz CT molecular complexity index is 1230. The zero-order chi connectivity index (χ0) is 27.4. The van der Waals surface area contributed by atoms with Gasteiger partial charge >= 0.3 is 0 Å². The Hall–Kier alpha value is -3.24. The van der Waals surface area contributed by atoms with Crippen molar-refractivity contribution in [2.45, 2.75) is 43.7 Å². The summed E-state index contributed by atoms with van der Waals surface area (Å²) in [6.45, 7) is 4.22. The van der Waals surface area contributed by atoms with E-state index in [0.717, 1.165) is 6.42 Å². The summed E-state index contributed by atoms with van der Waals surface area (Å²) in [7, 11) is 0. The molecular weight excluding hydrogens is 531 g/mol. The molecule has 10 nitrogen and oxygen atoms in total. The number of nitrogens with two attached hydrogens (primary N) is 1. The van der Waals surface area contributed by atoms with Gasteiger partial charge in [-0.3, -0.25) is 19.8 Å². The molecule has 1 saturated heterocycles. The molecule has 2 fully saturated rings. The topological polar surface area (TPSA) is 139 Å². The number of amides is 2. The van der Waals surface area contributed by atoms with Crippen molar-refractivity contribution < 1.29 is 24.5 Å². The largest absolute Gasteiger partial charge is 0.486 e. The minimum atomic E-state index is -0.811. The number of hydrogen-bond acceptors (Lipinski definition) is 7. The maximum atomic E-state index is 13.1. The van der Waals surface area contributed by atoms with Gasteiger partial charge in [-0.25, -0.2) is 9.97 Å². The monoisotopic (exact) mass is 561 g/mol. The normalized spacial score (nSPS) is 21.5. The Labute approximate surface area is 231 Å². The lowest BCUT2D eigenvalue weighted by atomic mass is 10.0. The van der Waals surface area contributed by atoms with Crippen LogP contribution < -0.4 is 20.8 Å². The van der Waals surface area contributed by atoms with Gasteiger partial charge in [-0.1, -0.05) is 6.92 Å². The second-order valence-corrected chi connectivity index (χ2v) is 11.0. The minimum Gasteiger partial charge on any atom is -0.486 e. The van der Waals surface area contributed by atoms with Crippen LogP contribution in [-0.4, -0.2) is 68.2 Å². The third kappa shape index (κ3) is 6.24. The molecule has 1 saturated carbocycles. The number of ether oxygens (including phenoxy) is 1. The summed E-state index contributed by atoms with van der Waals surface area (Å²) in [5, 5.41) is 12.0. The zero-order valence-corrected chi connectivity index (χ0v) is 22.8. The van der Waals surface area contributed by atoms with Crippen molar-refractivity contribution in [3.05, 3.63) is 48.0 Å². The van der Waals surface area contributed by atoms with Crippen LogP contribution in [0.2, 0.25) is 0 Å². The van der Waals surface area contributed by atoms with E-state index in [4.69, 9.17) is 33.3 Å². The first-order chi connectivity index (χ1) is 18.1. The van der Waals surface area contributed by atoms with E-state index in [2.05, 4.69) is 20.6 Å². The summed E-state index contributed by atoms with van der Waals surface area (Å²) in [5.41, 5.74) is 0.943. The predicted molar refractivity (Wildman–Crippen MR) is 143 cm³/mol. The second-order valence-electron chi connectivity index (χ2n) is 9.54. The Morgan fingerprint density at radius 3 is 2.61 bits per heavy atom. The van der Waals surface area contributed by atoms with Gasteiger partial charge in [0.2, 0.25) is 23.3 Å². The van der Waals surface area contributed by atoms with Gasteiger partial charge in [-0.05, 0) is 43.0 Å². The number of rotatable bonds is 11. The highest BCUT2D eigenvalue weighted by Gasteiger charge is 2.60. The van der Waals surface area contributed by atoms with Gasteiger partial charge in [0.15, 0.2) is 5.82 Å². The smallest absolute Gasteiger partial charge is 0.249 e. The molecule has 202 valence electrons. The molecule has 1 aliphatic carbocycles. The minimum absolute atomic E-state index is 0.00409. The van der Waals surface area contributed by atoms with Crippen LogP contribution in [0.15, 0.2) is 36.7 Å². The molecular formula is C26H31Cl2N6O4+. The van der Waals surface area contributed by atoms with Gasteiger partial charge in [-0.15, -0.1) is 23.2 Å². The highest BCUT2D eigenvalue weighted by atomic mass is 35.5. The lowest BCUT2D eigenvalue weighted by molar-refractivity contribution is -0.137. The molecule has 2 aromatic rings. The van der Waals surface area contributed by atoms with Crippen LogP contribution >= 0.6 is 23.2 Å². The Balaban J connectivity index is 1.38. The number of benzene rings is 1. The number of nitrogens with one attached hydrogen (secondary N) is 2. The number of halogens is 2. The van der Waals surface area contributed by atoms with Crippen molar-refractivity contribution in [2.75, 3.05) is 25.0 Å². The molecule has 38 heavy (non-hydrogen) atoms. The Morgan fingerprint density at radius 1 is 1.24 bits per heavy atom. The number of nitrogens with zero attached hydrogens (tertiary/aromatic N) is 3. The van der Waals surface area contributed by atoms with Gasteiger partial charge in [0, 0.05) is 44.0 Å². The van der Waals surface area contributed by atoms with Gasteiger partial charge in [0.25, 0.3) is 0 Å². The third-order valence-electron chi connectivity index (χ3n) is 7.05. The zero-order valence-electron chi connectivity index (χ0n) is 21.2. The maximum Gasteiger partial charge on any atom is 0.249 e. The van der Waals surface area contributed by atoms with Crippen LogP contribution in [0.1, 0.15) is 38.1 Å². The quantitative estimate of drug-likeness (QED) is 0.276. The first-order valence-corrected chi connectivity index (χ1v) is 13.2. The van der Waals surface area contributed by atoms with Crippen LogP contribution in [-0.2, 0) is 21.0 Å². The highest BCUT2D eigenvalue weighted by Crippen LogP contribution is 2.58. The van der Waals surface area contributed by atoms with Gasteiger partial charge in [0.05, 0.1) is 12.1 Å². The number of anilines is 1. The SMILES string of the molecule is CC(=O)C(=[NH2+])c1cc(OCc2ncccn2)ccc1NCC(=O)N1CCC[C@H]1C(=O)NCC1C(C)C1(Cl)Cl. The van der Waals surface area contributed by atoms with Crippen molar-refractivity contribution in [3.63, 3.8) is 0 Å². The van der Waals surface area contributed by atoms with Crippen molar-refractivity contribution in [1.82, 2.24) is 20.2 Å². The molecule has 1 aromatic heterocycles. The lowest BCUT2D eigenvalue weighted by Gasteiger charge is -2.24. The molecule has 4 rings (SSSR count). The van der Waals surface area contributed by atoms with Crippen molar-refractivity contribution in [2.24, 2.45) is 11.8 Å². The summed E-state index contributed by atoms with van der Waals surface area (Å²) in [5.74, 6) is 0.308. The first kappa shape index (κ1) is 27.8. The van der Waals surface area contributed by atoms with E-state index >= 15 is 0 Å². The van der Waals surface area contributed by atoms with Crippen LogP contribution in [0.25, 0.3) is 0 Å². The van der Waals surface area contributed by atoms with E-state index in [-0.39, 0.29) is 48.3 Å². The van der Waals surface area contributed by atoms with Crippen LogP contribution in [0, 0.1) is 11.8 Å². The van der Waals surface area contributed by atoms with Crippen molar-refractivity contribution >= 4 is 52.2 Å². The van der Waals surface area contributed by atoms with Gasteiger partial charge in [-0.2, -0.15) is 0 Å². The van der Waals surface area contributed by atoms with Crippen molar-refractivity contribution in [3.8, 4) is 5.75 Å². The molecule has 1 aliphatic heterocycles. The summed E-state index contributed by atoms with van der Waals surface area (Å²) in [6, 6.07) is 6.18. The average molecular weight is 562 g/mol. The van der Waals surface area contributed by atoms with Gasteiger partial charge < -0.3 is 20.3 Å². The second kappa shape index (κ2) is 11.7. The molecule has 0 bridgehead atoms. The number of Topliss-reactive ketones (excluding diaryl/α,β-unsaturated/α-hetero) is 1. The maximum absolute atomic E-state index is 13.1. The summed E-state index contributed by atoms with van der Waals surface area (Å²) < 4.78 is 4.95. The molecule has 0 radical (unpaired) electrons. The molecule has 2 amide bonds. The van der Waals surface area contributed by atoms with E-state index in [9.17, 15) is 14.4 Å². The number of hydrogen-bond donors (Lipinski definition) is 3. The van der Waals surface area contributed by atoms with Crippen LogP contribution in [0.3, 0.4) is 0 Å². The standard InChI is InChI=1S/C26H30Cl2N6O4/c1-15-19(26(15,27)28)12-33-25(37)21-5-3-10-34(21)23(36)13-32-20-7-6-17(11-18(20)24(29)16(2)35)38-14-22-30-8-4-9-31-22/h4,6-9,11,15,19,21,29,32H,3,5,10,12-14H2,1-2H3,(H,33,37)/p+1/t15?,19?,21-/m0/s1. The van der Waals surface area contributed by atoms with Gasteiger partial charge in [0.1, 0.15) is 22.7 Å². The molecule has 2 heterocycles. The Morgan fingerprint density at radius 2 is 1.95 bits per heavy atom. The fourth-order valence-electron chi connectivity index (χ4n) is 4.54. The number of carbonyl (C=O) groups excluding carboxylic acids is 3. The summed E-state index contributed by atoms with van der Waals surface area (Å²) in [6.07, 6.45) is 4.55. The highest BCUT2D eigenvalue weighted by molar-refractivity contribution is 6.51. The predicted octanol–water partition coefficient (Wildman–Crippen LogP) is 1.15. The number of alkyl halides is 2. The fourth-order valence-corrected chi connectivity index (χ4v) is 5.25. The number of carbonyl (C=O) groups is 3. The third-order valence-corrected chi connectivity index (χ3v) is 8.29. The molecule has 1 aromatic carbocycles. The van der Waals surface area contributed by atoms with E-state index < -0.39 is 10.4 Å².